The van der Waals surface area contributed by atoms with Gasteiger partial charge in [0.25, 0.3) is 10.0 Å². The lowest BCUT2D eigenvalue weighted by molar-refractivity contribution is -0.138. The van der Waals surface area contributed by atoms with Gasteiger partial charge in [0.1, 0.15) is 16.3 Å². The lowest BCUT2D eigenvalue weighted by atomic mass is 10.0. The Morgan fingerprint density at radius 1 is 1.03 bits per heavy atom. The molecule has 3 aromatic rings. The molecule has 2 N–H and O–H groups in total. The molecule has 0 saturated heterocycles. The zero-order valence-corrected chi connectivity index (χ0v) is 18.6. The largest absolute Gasteiger partial charge is 0.454 e. The first-order chi connectivity index (χ1) is 15.5. The number of hydrogen-bond donors (Lipinski definition) is 2. The van der Waals surface area contributed by atoms with Crippen molar-refractivity contribution < 1.29 is 26.3 Å². The molecule has 0 unspecified atom stereocenters. The molecule has 0 bridgehead atoms. The summed E-state index contributed by atoms with van der Waals surface area (Å²) in [6.45, 7) is 1.31. The van der Waals surface area contributed by atoms with Crippen molar-refractivity contribution in [3.63, 3.8) is 0 Å². The third kappa shape index (κ3) is 4.91. The van der Waals surface area contributed by atoms with Gasteiger partial charge in [0.2, 0.25) is 5.96 Å². The number of halogens is 4. The van der Waals surface area contributed by atoms with E-state index in [1.165, 1.54) is 31.2 Å². The SMILES string of the molecule is Cc1cc(CN=C2Nc3c(Oc4ccccc4Cl)cccc3S(=O)(=O)N2)ccc1C(F)(F)F. The second-order valence-electron chi connectivity index (χ2n) is 7.20. The summed E-state index contributed by atoms with van der Waals surface area (Å²) in [4.78, 5) is 4.15. The van der Waals surface area contributed by atoms with Crippen LogP contribution in [0.4, 0.5) is 18.9 Å². The van der Waals surface area contributed by atoms with Crippen LogP contribution in [0.2, 0.25) is 5.02 Å². The van der Waals surface area contributed by atoms with Gasteiger partial charge < -0.3 is 10.1 Å². The van der Waals surface area contributed by atoms with E-state index in [0.717, 1.165) is 6.07 Å². The van der Waals surface area contributed by atoms with E-state index >= 15 is 0 Å². The number of para-hydroxylation sites is 2. The topological polar surface area (TPSA) is 79.8 Å². The first kappa shape index (κ1) is 22.9. The van der Waals surface area contributed by atoms with E-state index in [9.17, 15) is 21.6 Å². The highest BCUT2D eigenvalue weighted by molar-refractivity contribution is 7.90. The molecule has 0 radical (unpaired) electrons. The molecule has 1 aliphatic heterocycles. The van der Waals surface area contributed by atoms with Gasteiger partial charge in [-0.1, -0.05) is 41.9 Å². The van der Waals surface area contributed by atoms with Crippen LogP contribution >= 0.6 is 11.6 Å². The van der Waals surface area contributed by atoms with Crippen LogP contribution in [0.5, 0.6) is 11.5 Å². The summed E-state index contributed by atoms with van der Waals surface area (Å²) in [5.74, 6) is 0.461. The molecule has 11 heteroatoms. The summed E-state index contributed by atoms with van der Waals surface area (Å²) in [6, 6.07) is 14.9. The number of guanidine groups is 1. The van der Waals surface area contributed by atoms with Crippen LogP contribution in [-0.4, -0.2) is 14.4 Å². The third-order valence-corrected chi connectivity index (χ3v) is 6.52. The minimum atomic E-state index is -4.45. The van der Waals surface area contributed by atoms with Crippen LogP contribution in [0.1, 0.15) is 16.7 Å². The van der Waals surface area contributed by atoms with Crippen molar-refractivity contribution in [3.05, 3.63) is 82.4 Å². The third-order valence-electron chi connectivity index (χ3n) is 4.82. The number of fused-ring (bicyclic) bond motifs is 1. The van der Waals surface area contributed by atoms with Crippen LogP contribution in [0, 0.1) is 6.92 Å². The quantitative estimate of drug-likeness (QED) is 0.485. The van der Waals surface area contributed by atoms with Gasteiger partial charge in [-0.2, -0.15) is 13.2 Å². The van der Waals surface area contributed by atoms with E-state index in [2.05, 4.69) is 15.0 Å². The van der Waals surface area contributed by atoms with Crippen molar-refractivity contribution in [2.24, 2.45) is 4.99 Å². The van der Waals surface area contributed by atoms with Gasteiger partial charge in [0.05, 0.1) is 17.1 Å². The van der Waals surface area contributed by atoms with Crippen molar-refractivity contribution in [3.8, 4) is 11.5 Å². The van der Waals surface area contributed by atoms with Gasteiger partial charge in [-0.3, -0.25) is 0 Å². The Hall–Kier alpha value is -3.24. The number of benzene rings is 3. The molecule has 1 aliphatic rings. The second-order valence-corrected chi connectivity index (χ2v) is 9.26. The molecule has 0 saturated carbocycles. The summed E-state index contributed by atoms with van der Waals surface area (Å²) in [5, 5.41) is 3.24. The average Bonchev–Trinajstić information content (AvgIpc) is 2.73. The van der Waals surface area contributed by atoms with Crippen molar-refractivity contribution in [1.82, 2.24) is 4.72 Å². The lowest BCUT2D eigenvalue weighted by Crippen LogP contribution is -2.40. The molecular formula is C22H17ClF3N3O3S. The van der Waals surface area contributed by atoms with Crippen LogP contribution in [-0.2, 0) is 22.7 Å². The molecule has 172 valence electrons. The Kier molecular flexibility index (Phi) is 5.98. The van der Waals surface area contributed by atoms with E-state index in [4.69, 9.17) is 16.3 Å². The first-order valence-electron chi connectivity index (χ1n) is 9.61. The van der Waals surface area contributed by atoms with Crippen molar-refractivity contribution in [2.45, 2.75) is 24.5 Å². The summed E-state index contributed by atoms with van der Waals surface area (Å²) >= 11 is 6.14. The summed E-state index contributed by atoms with van der Waals surface area (Å²) in [7, 11) is -3.96. The fourth-order valence-corrected chi connectivity index (χ4v) is 4.63. The maximum Gasteiger partial charge on any atom is 0.416 e. The Balaban J connectivity index is 1.63. The molecule has 33 heavy (non-hydrogen) atoms. The predicted octanol–water partition coefficient (Wildman–Crippen LogP) is 5.72. The number of rotatable bonds is 4. The number of nitrogens with one attached hydrogen (secondary N) is 2. The Labute approximate surface area is 193 Å². The summed E-state index contributed by atoms with van der Waals surface area (Å²) in [5.41, 5.74) is -0.0252. The van der Waals surface area contributed by atoms with Gasteiger partial charge in [0.15, 0.2) is 5.75 Å². The number of aryl methyl sites for hydroxylation is 1. The number of anilines is 1. The number of aliphatic imine (C=N–C) groups is 1. The van der Waals surface area contributed by atoms with Gasteiger partial charge in [-0.25, -0.2) is 18.1 Å². The minimum Gasteiger partial charge on any atom is -0.454 e. The smallest absolute Gasteiger partial charge is 0.416 e. The van der Waals surface area contributed by atoms with E-state index in [1.807, 2.05) is 0 Å². The van der Waals surface area contributed by atoms with Crippen LogP contribution < -0.4 is 14.8 Å². The zero-order valence-electron chi connectivity index (χ0n) is 17.1. The lowest BCUT2D eigenvalue weighted by Gasteiger charge is -2.23. The summed E-state index contributed by atoms with van der Waals surface area (Å²) < 4.78 is 72.5. The van der Waals surface area contributed by atoms with Crippen molar-refractivity contribution in [1.29, 1.82) is 0 Å². The van der Waals surface area contributed by atoms with Gasteiger partial charge >= 0.3 is 6.18 Å². The van der Waals surface area contributed by atoms with Gasteiger partial charge in [-0.05, 0) is 48.4 Å². The average molecular weight is 496 g/mol. The van der Waals surface area contributed by atoms with E-state index in [-0.39, 0.29) is 34.4 Å². The molecule has 6 nitrogen and oxygen atoms in total. The minimum absolute atomic E-state index is 0.0450. The second kappa shape index (κ2) is 8.60. The molecule has 0 amide bonds. The standard InChI is InChI=1S/C22H17ClF3N3O3S/c1-13-11-14(9-10-15(13)22(24,25)26)12-27-21-28-20-18(32-17-6-3-2-5-16(17)23)7-4-8-19(20)33(30,31)29-21/h2-11H,12H2,1H3,(H2,27,28,29). The normalized spacial score (nSPS) is 16.0. The van der Waals surface area contributed by atoms with Crippen LogP contribution in [0.3, 0.4) is 0 Å². The molecular weight excluding hydrogens is 479 g/mol. The van der Waals surface area contributed by atoms with Crippen LogP contribution in [0.25, 0.3) is 0 Å². The summed E-state index contributed by atoms with van der Waals surface area (Å²) in [6.07, 6.45) is -4.45. The molecule has 0 atom stereocenters. The molecule has 1 heterocycles. The molecule has 0 fully saturated rings. The number of ether oxygens (including phenoxy) is 1. The Morgan fingerprint density at radius 2 is 1.76 bits per heavy atom. The molecule has 0 spiro atoms. The van der Waals surface area contributed by atoms with E-state index in [1.54, 1.807) is 30.3 Å². The molecule has 0 aliphatic carbocycles. The number of hydrogen-bond acceptors (Lipinski definition) is 4. The molecule has 0 aromatic heterocycles. The first-order valence-corrected chi connectivity index (χ1v) is 11.5. The predicted molar refractivity (Wildman–Crippen MR) is 119 cm³/mol. The number of nitrogens with zero attached hydrogens (tertiary/aromatic N) is 1. The Bertz CT molecular complexity index is 1360. The monoisotopic (exact) mass is 495 g/mol. The van der Waals surface area contributed by atoms with Crippen LogP contribution in [0.15, 0.2) is 70.6 Å². The van der Waals surface area contributed by atoms with Crippen molar-refractivity contribution >= 4 is 33.3 Å². The zero-order chi connectivity index (χ0) is 23.8. The van der Waals surface area contributed by atoms with Gasteiger partial charge in [0, 0.05) is 0 Å². The van der Waals surface area contributed by atoms with Gasteiger partial charge in [-0.15, -0.1) is 0 Å². The molecule has 4 rings (SSSR count). The fraction of sp³-hybridized carbons (Fsp3) is 0.136. The molecule has 3 aromatic carbocycles. The highest BCUT2D eigenvalue weighted by Crippen LogP contribution is 2.38. The highest BCUT2D eigenvalue weighted by atomic mass is 35.5. The number of alkyl halides is 3. The number of sulfonamides is 1. The Morgan fingerprint density at radius 3 is 2.45 bits per heavy atom. The highest BCUT2D eigenvalue weighted by Gasteiger charge is 2.32. The van der Waals surface area contributed by atoms with Crippen molar-refractivity contribution in [2.75, 3.05) is 5.32 Å². The fourth-order valence-electron chi connectivity index (χ4n) is 3.30. The van der Waals surface area contributed by atoms with E-state index < -0.39 is 21.8 Å². The maximum absolute atomic E-state index is 13.0. The maximum atomic E-state index is 13.0. The van der Waals surface area contributed by atoms with E-state index in [0.29, 0.717) is 16.3 Å².